The van der Waals surface area contributed by atoms with E-state index in [9.17, 15) is 19.2 Å². The van der Waals surface area contributed by atoms with Crippen LogP contribution in [0.5, 0.6) is 0 Å². The molecule has 1 aromatic rings. The van der Waals surface area contributed by atoms with Crippen molar-refractivity contribution in [1.29, 1.82) is 0 Å². The Balaban J connectivity index is 1.30. The van der Waals surface area contributed by atoms with E-state index in [1.54, 1.807) is 12.1 Å². The van der Waals surface area contributed by atoms with E-state index < -0.39 is 11.6 Å². The van der Waals surface area contributed by atoms with Gasteiger partial charge in [0.2, 0.25) is 0 Å². The minimum atomic E-state index is -0.856. The largest absolute Gasteiger partial charge is 0.465 e. The first-order chi connectivity index (χ1) is 15.8. The van der Waals surface area contributed by atoms with Gasteiger partial charge in [-0.1, -0.05) is 19.3 Å². The fourth-order valence-corrected chi connectivity index (χ4v) is 4.95. The maximum Gasteiger partial charge on any atom is 0.344 e. The van der Waals surface area contributed by atoms with Crippen molar-refractivity contribution in [2.24, 2.45) is 0 Å². The van der Waals surface area contributed by atoms with E-state index in [-0.39, 0.29) is 30.4 Å². The van der Waals surface area contributed by atoms with Crippen molar-refractivity contribution in [2.45, 2.75) is 50.6 Å². The van der Waals surface area contributed by atoms with Crippen molar-refractivity contribution in [1.82, 2.24) is 20.7 Å². The number of ether oxygens (including phenoxy) is 1. The van der Waals surface area contributed by atoms with Crippen LogP contribution in [0.1, 0.15) is 49.4 Å². The highest BCUT2D eigenvalue weighted by atomic mass is 16.5. The molecule has 33 heavy (non-hydrogen) atoms. The van der Waals surface area contributed by atoms with Crippen molar-refractivity contribution in [3.05, 3.63) is 29.8 Å². The molecular weight excluding hydrogens is 426 g/mol. The van der Waals surface area contributed by atoms with Crippen LogP contribution in [0.2, 0.25) is 0 Å². The maximum atomic E-state index is 12.8. The number of nitrogens with one attached hydrogen (secondary N) is 2. The lowest BCUT2D eigenvalue weighted by molar-refractivity contribution is -0.140. The number of hydrazine groups is 1. The van der Waals surface area contributed by atoms with Crippen molar-refractivity contribution < 1.29 is 23.9 Å². The van der Waals surface area contributed by atoms with Gasteiger partial charge in [-0.25, -0.2) is 9.59 Å². The Hall–Kier alpha value is -3.14. The Bertz CT molecular complexity index is 928. The van der Waals surface area contributed by atoms with E-state index in [1.807, 2.05) is 24.0 Å². The molecule has 2 heterocycles. The average molecular weight is 458 g/mol. The van der Waals surface area contributed by atoms with Crippen LogP contribution in [0, 0.1) is 0 Å². The molecule has 1 atom stereocenters. The number of carbonyl (C=O) groups is 4. The fraction of sp³-hybridized carbons (Fsp3) is 0.565. The summed E-state index contributed by atoms with van der Waals surface area (Å²) in [6, 6.07) is 6.78. The number of nitrogens with zero attached hydrogens (tertiary/aromatic N) is 3. The summed E-state index contributed by atoms with van der Waals surface area (Å²) in [5.74, 6) is -1.10. The highest BCUT2D eigenvalue weighted by Gasteiger charge is 2.52. The summed E-state index contributed by atoms with van der Waals surface area (Å²) in [6.07, 6.45) is 4.06. The summed E-state index contributed by atoms with van der Waals surface area (Å²) in [4.78, 5) is 53.7. The quantitative estimate of drug-likeness (QED) is 0.506. The van der Waals surface area contributed by atoms with Crippen LogP contribution >= 0.6 is 0 Å². The molecule has 10 nitrogen and oxygen atoms in total. The number of urea groups is 1. The molecule has 0 aromatic heterocycles. The first-order valence-corrected chi connectivity index (χ1v) is 11.5. The van der Waals surface area contributed by atoms with Gasteiger partial charge in [-0.05, 0) is 44.0 Å². The zero-order chi connectivity index (χ0) is 23.6. The second kappa shape index (κ2) is 9.38. The van der Waals surface area contributed by atoms with E-state index in [0.717, 1.165) is 30.0 Å². The van der Waals surface area contributed by atoms with Crippen LogP contribution in [0.25, 0.3) is 0 Å². The Morgan fingerprint density at radius 1 is 1.12 bits per heavy atom. The Morgan fingerprint density at radius 3 is 2.45 bits per heavy atom. The predicted octanol–water partition coefficient (Wildman–Crippen LogP) is 1.27. The van der Waals surface area contributed by atoms with Crippen LogP contribution in [-0.2, 0) is 14.3 Å². The Morgan fingerprint density at radius 2 is 1.82 bits per heavy atom. The first kappa shape index (κ1) is 23.0. The predicted molar refractivity (Wildman–Crippen MR) is 120 cm³/mol. The van der Waals surface area contributed by atoms with Crippen molar-refractivity contribution >= 4 is 29.5 Å². The number of hydrogen-bond acceptors (Lipinski definition) is 7. The Kier molecular flexibility index (Phi) is 6.55. The van der Waals surface area contributed by atoms with Gasteiger partial charge in [-0.3, -0.25) is 19.9 Å². The van der Waals surface area contributed by atoms with E-state index >= 15 is 0 Å². The topological polar surface area (TPSA) is 111 Å². The lowest BCUT2D eigenvalue weighted by atomic mass is 9.82. The standard InChI is InChI=1S/C23H31N5O5/c1-16-14-27(18-8-6-17(7-9-18)20(30)33-2)13-12-26(16)15-19(29)25-28-21(31)23(24-22(28)32)10-4-3-5-11-23/h6-9,16H,3-5,10-15H2,1-2H3,(H,24,32)(H,25,29). The number of hydrogen-bond donors (Lipinski definition) is 2. The second-order valence-electron chi connectivity index (χ2n) is 9.05. The summed E-state index contributed by atoms with van der Waals surface area (Å²) in [6.45, 7) is 4.20. The molecule has 10 heteroatoms. The highest BCUT2D eigenvalue weighted by Crippen LogP contribution is 2.33. The van der Waals surface area contributed by atoms with Crippen LogP contribution in [0.4, 0.5) is 10.5 Å². The lowest BCUT2D eigenvalue weighted by Crippen LogP contribution is -2.57. The smallest absolute Gasteiger partial charge is 0.344 e. The van der Waals surface area contributed by atoms with Crippen LogP contribution < -0.4 is 15.6 Å². The molecule has 4 amide bonds. The molecule has 1 unspecified atom stereocenters. The van der Waals surface area contributed by atoms with Crippen LogP contribution in [0.3, 0.4) is 0 Å². The summed E-state index contributed by atoms with van der Waals surface area (Å²) in [7, 11) is 1.35. The molecule has 1 aromatic carbocycles. The number of methoxy groups -OCH3 is 1. The average Bonchev–Trinajstić information content (AvgIpc) is 3.04. The normalized spacial score (nSPS) is 22.9. The van der Waals surface area contributed by atoms with Crippen molar-refractivity contribution in [3.63, 3.8) is 0 Å². The molecule has 0 radical (unpaired) electrons. The number of rotatable bonds is 5. The van der Waals surface area contributed by atoms with E-state index in [0.29, 0.717) is 38.0 Å². The van der Waals surface area contributed by atoms with E-state index in [2.05, 4.69) is 15.6 Å². The molecule has 3 aliphatic rings. The molecule has 2 saturated heterocycles. The minimum absolute atomic E-state index is 0.0811. The minimum Gasteiger partial charge on any atom is -0.465 e. The summed E-state index contributed by atoms with van der Waals surface area (Å²) in [5, 5.41) is 3.66. The zero-order valence-electron chi connectivity index (χ0n) is 19.1. The van der Waals surface area contributed by atoms with Gasteiger partial charge in [0.1, 0.15) is 5.54 Å². The molecule has 1 aliphatic carbocycles. The molecule has 0 bridgehead atoms. The molecule has 2 N–H and O–H groups in total. The van der Waals surface area contributed by atoms with Gasteiger partial charge >= 0.3 is 12.0 Å². The summed E-state index contributed by atoms with van der Waals surface area (Å²) < 4.78 is 4.74. The number of carbonyl (C=O) groups excluding carboxylic acids is 4. The fourth-order valence-electron chi connectivity index (χ4n) is 4.95. The number of imide groups is 1. The molecule has 3 fully saturated rings. The monoisotopic (exact) mass is 457 g/mol. The highest BCUT2D eigenvalue weighted by molar-refractivity contribution is 6.08. The van der Waals surface area contributed by atoms with Gasteiger partial charge in [-0.15, -0.1) is 0 Å². The molecule has 2 aliphatic heterocycles. The number of esters is 1. The number of piperazine rings is 1. The van der Waals surface area contributed by atoms with Crippen molar-refractivity contribution in [3.8, 4) is 0 Å². The third-order valence-electron chi connectivity index (χ3n) is 6.87. The number of benzene rings is 1. The molecule has 4 rings (SSSR count). The third-order valence-corrected chi connectivity index (χ3v) is 6.87. The molecule has 1 saturated carbocycles. The summed E-state index contributed by atoms with van der Waals surface area (Å²) in [5.41, 5.74) is 3.16. The number of anilines is 1. The van der Waals surface area contributed by atoms with Gasteiger partial charge in [0.25, 0.3) is 11.8 Å². The van der Waals surface area contributed by atoms with E-state index in [1.165, 1.54) is 7.11 Å². The van der Waals surface area contributed by atoms with Gasteiger partial charge in [-0.2, -0.15) is 5.01 Å². The van der Waals surface area contributed by atoms with Crippen LogP contribution in [-0.4, -0.2) is 78.6 Å². The zero-order valence-corrected chi connectivity index (χ0v) is 19.1. The number of amides is 4. The molecule has 1 spiro atoms. The summed E-state index contributed by atoms with van der Waals surface area (Å²) >= 11 is 0. The second-order valence-corrected chi connectivity index (χ2v) is 9.05. The third kappa shape index (κ3) is 4.66. The van der Waals surface area contributed by atoms with Gasteiger partial charge < -0.3 is 15.0 Å². The van der Waals surface area contributed by atoms with Gasteiger partial charge in [0.15, 0.2) is 0 Å². The van der Waals surface area contributed by atoms with E-state index in [4.69, 9.17) is 4.74 Å². The Labute approximate surface area is 193 Å². The van der Waals surface area contributed by atoms with Gasteiger partial charge in [0, 0.05) is 31.4 Å². The van der Waals surface area contributed by atoms with Gasteiger partial charge in [0.05, 0.1) is 19.2 Å². The van der Waals surface area contributed by atoms with Crippen molar-refractivity contribution in [2.75, 3.05) is 38.2 Å². The molecule has 178 valence electrons. The first-order valence-electron chi connectivity index (χ1n) is 11.5. The van der Waals surface area contributed by atoms with Crippen LogP contribution in [0.15, 0.2) is 24.3 Å². The lowest BCUT2D eigenvalue weighted by Gasteiger charge is -2.40. The SMILES string of the molecule is COC(=O)c1ccc(N2CCN(CC(=O)NN3C(=O)NC4(CCCCC4)C3=O)C(C)C2)cc1. The maximum absolute atomic E-state index is 12.8. The molecular formula is C23H31N5O5.